The van der Waals surface area contributed by atoms with Crippen LogP contribution >= 0.6 is 0 Å². The summed E-state index contributed by atoms with van der Waals surface area (Å²) in [6.45, 7) is 6.38. The lowest BCUT2D eigenvalue weighted by atomic mass is 9.45. The monoisotopic (exact) mass is 494 g/mol. The third-order valence-corrected chi connectivity index (χ3v) is 9.66. The number of esters is 1. The predicted molar refractivity (Wildman–Crippen MR) is 123 cm³/mol. The number of carbonyl (C=O) groups is 3. The van der Waals surface area contributed by atoms with Gasteiger partial charge >= 0.3 is 5.97 Å². The first kappa shape index (κ1) is 26.1. The van der Waals surface area contributed by atoms with Gasteiger partial charge in [0.25, 0.3) is 0 Å². The van der Waals surface area contributed by atoms with Gasteiger partial charge in [-0.25, -0.2) is 8.78 Å². The van der Waals surface area contributed by atoms with E-state index in [9.17, 15) is 29.0 Å². The van der Waals surface area contributed by atoms with Crippen LogP contribution in [-0.2, 0) is 19.1 Å². The average Bonchev–Trinajstić information content (AvgIpc) is 3.01. The highest BCUT2D eigenvalue weighted by Gasteiger charge is 2.73. The fraction of sp³-hybridized carbons (Fsp3) is 0.741. The van der Waals surface area contributed by atoms with Gasteiger partial charge in [0.05, 0.1) is 6.10 Å². The Balaban J connectivity index is 1.80. The van der Waals surface area contributed by atoms with Gasteiger partial charge in [-0.05, 0) is 43.6 Å². The SMILES string of the molecule is CCCCC(=O)O[C@@]1(C(=O)CO)[C@@H](C)C[C@H]2[C@@H]3C[C@H](F)C4=C(F)C(=O)C=C[C@]4(C)[C@H]3[C@@H](O)C[C@@]21C. The standard InChI is InChI=1S/C27H36F2O6/c1-5-6-7-21(34)35-27(20(33)13-30)14(2)10-16-15-11-17(28)23-24(29)18(31)8-9-25(23,3)22(15)19(32)12-26(16,27)4/h8-9,14-17,19,22,30,32H,5-7,10-13H2,1-4H3/t14-,15-,16-,17-,19-,22+,25+,26-,27+/m0/s1. The number of fused-ring (bicyclic) bond motifs is 5. The molecular formula is C27H36F2O6. The molecule has 0 aromatic rings. The van der Waals surface area contributed by atoms with Crippen molar-refractivity contribution in [2.45, 2.75) is 84.1 Å². The molecule has 0 saturated heterocycles. The topological polar surface area (TPSA) is 101 Å². The molecule has 3 saturated carbocycles. The average molecular weight is 495 g/mol. The van der Waals surface area contributed by atoms with Crippen molar-refractivity contribution < 1.29 is 38.1 Å². The number of halogens is 2. The molecule has 4 rings (SSSR count). The van der Waals surface area contributed by atoms with E-state index in [4.69, 9.17) is 4.74 Å². The first-order valence-corrected chi connectivity index (χ1v) is 12.7. The van der Waals surface area contributed by atoms with Gasteiger partial charge in [-0.2, -0.15) is 0 Å². The van der Waals surface area contributed by atoms with Crippen LogP contribution in [0.15, 0.2) is 23.6 Å². The van der Waals surface area contributed by atoms with Crippen LogP contribution in [0.4, 0.5) is 8.78 Å². The summed E-state index contributed by atoms with van der Waals surface area (Å²) in [7, 11) is 0. The fourth-order valence-corrected chi connectivity index (χ4v) is 8.29. The van der Waals surface area contributed by atoms with Crippen molar-refractivity contribution in [3.05, 3.63) is 23.6 Å². The Morgan fingerprint density at radius 1 is 1.26 bits per heavy atom. The number of allylic oxidation sites excluding steroid dienone is 4. The van der Waals surface area contributed by atoms with Crippen LogP contribution < -0.4 is 0 Å². The van der Waals surface area contributed by atoms with Gasteiger partial charge < -0.3 is 14.9 Å². The van der Waals surface area contributed by atoms with Crippen LogP contribution in [0.2, 0.25) is 0 Å². The molecule has 0 spiro atoms. The zero-order valence-corrected chi connectivity index (χ0v) is 20.9. The second-order valence-corrected chi connectivity index (χ2v) is 11.4. The van der Waals surface area contributed by atoms with Gasteiger partial charge in [0, 0.05) is 34.7 Å². The normalized spacial score (nSPS) is 44.5. The zero-order valence-electron chi connectivity index (χ0n) is 20.9. The van der Waals surface area contributed by atoms with Crippen LogP contribution in [0, 0.1) is 34.5 Å². The Bertz CT molecular complexity index is 990. The number of hydrogen-bond acceptors (Lipinski definition) is 6. The summed E-state index contributed by atoms with van der Waals surface area (Å²) in [4.78, 5) is 38.1. The fourth-order valence-electron chi connectivity index (χ4n) is 8.29. The Kier molecular flexibility index (Phi) is 6.63. The van der Waals surface area contributed by atoms with Crippen molar-refractivity contribution in [3.63, 3.8) is 0 Å². The van der Waals surface area contributed by atoms with E-state index in [-0.39, 0.29) is 30.8 Å². The molecule has 0 aromatic carbocycles. The lowest BCUT2D eigenvalue weighted by molar-refractivity contribution is -0.206. The molecule has 35 heavy (non-hydrogen) atoms. The van der Waals surface area contributed by atoms with E-state index in [1.54, 1.807) is 20.8 Å². The molecule has 6 nitrogen and oxygen atoms in total. The molecule has 4 aliphatic rings. The molecule has 0 radical (unpaired) electrons. The summed E-state index contributed by atoms with van der Waals surface area (Å²) >= 11 is 0. The molecule has 2 N–H and O–H groups in total. The Labute approximate surface area is 204 Å². The van der Waals surface area contributed by atoms with Gasteiger partial charge in [-0.3, -0.25) is 14.4 Å². The number of hydrogen-bond donors (Lipinski definition) is 2. The van der Waals surface area contributed by atoms with E-state index in [0.29, 0.717) is 12.8 Å². The minimum atomic E-state index is -1.71. The molecule has 0 amide bonds. The molecule has 8 heteroatoms. The molecule has 0 unspecified atom stereocenters. The van der Waals surface area contributed by atoms with Crippen molar-refractivity contribution >= 4 is 17.5 Å². The van der Waals surface area contributed by atoms with Crippen LogP contribution in [0.5, 0.6) is 0 Å². The van der Waals surface area contributed by atoms with Gasteiger partial charge in [0.1, 0.15) is 12.8 Å². The maximum absolute atomic E-state index is 15.6. The molecule has 9 atom stereocenters. The van der Waals surface area contributed by atoms with Gasteiger partial charge in [-0.15, -0.1) is 0 Å². The predicted octanol–water partition coefficient (Wildman–Crippen LogP) is 3.79. The van der Waals surface area contributed by atoms with Crippen LogP contribution in [0.25, 0.3) is 0 Å². The summed E-state index contributed by atoms with van der Waals surface area (Å²) in [6.07, 6.45) is 1.75. The zero-order chi connectivity index (χ0) is 25.9. The third-order valence-electron chi connectivity index (χ3n) is 9.66. The second-order valence-electron chi connectivity index (χ2n) is 11.4. The van der Waals surface area contributed by atoms with Crippen molar-refractivity contribution in [2.24, 2.45) is 34.5 Å². The summed E-state index contributed by atoms with van der Waals surface area (Å²) in [5.41, 5.74) is -4.08. The van der Waals surface area contributed by atoms with E-state index in [0.717, 1.165) is 12.5 Å². The van der Waals surface area contributed by atoms with Crippen LogP contribution in [0.3, 0.4) is 0 Å². The second kappa shape index (κ2) is 8.87. The van der Waals surface area contributed by atoms with Crippen LogP contribution in [0.1, 0.15) is 66.2 Å². The largest absolute Gasteiger partial charge is 0.450 e. The minimum Gasteiger partial charge on any atom is -0.450 e. The quantitative estimate of drug-likeness (QED) is 0.545. The first-order valence-electron chi connectivity index (χ1n) is 12.7. The highest BCUT2D eigenvalue weighted by Crippen LogP contribution is 2.69. The summed E-state index contributed by atoms with van der Waals surface area (Å²) in [6, 6.07) is 0. The number of ketones is 2. The highest BCUT2D eigenvalue weighted by molar-refractivity contribution is 6.04. The van der Waals surface area contributed by atoms with Gasteiger partial charge in [0.15, 0.2) is 11.4 Å². The third kappa shape index (κ3) is 3.50. The maximum atomic E-state index is 15.6. The summed E-state index contributed by atoms with van der Waals surface area (Å²) in [5.74, 6) is -4.88. The molecule has 3 fully saturated rings. The molecular weight excluding hydrogens is 458 g/mol. The van der Waals surface area contributed by atoms with Crippen molar-refractivity contribution in [1.82, 2.24) is 0 Å². The lowest BCUT2D eigenvalue weighted by Gasteiger charge is -2.60. The number of aliphatic hydroxyl groups excluding tert-OH is 2. The van der Waals surface area contributed by atoms with Crippen molar-refractivity contribution in [2.75, 3.05) is 6.61 Å². The van der Waals surface area contributed by atoms with Gasteiger partial charge in [-0.1, -0.05) is 40.2 Å². The smallest absolute Gasteiger partial charge is 0.306 e. The maximum Gasteiger partial charge on any atom is 0.306 e. The van der Waals surface area contributed by atoms with E-state index < -0.39 is 76.4 Å². The number of ether oxygens (including phenoxy) is 1. The van der Waals surface area contributed by atoms with Crippen molar-refractivity contribution in [3.8, 4) is 0 Å². The summed E-state index contributed by atoms with van der Waals surface area (Å²) < 4.78 is 36.4. The number of Topliss-reactive ketones (excluding diaryl/α,β-unsaturated/α-hetero) is 1. The molecule has 4 aliphatic carbocycles. The van der Waals surface area contributed by atoms with E-state index >= 15 is 4.39 Å². The van der Waals surface area contributed by atoms with E-state index in [1.165, 1.54) is 6.08 Å². The Hall–Kier alpha value is -1.93. The van der Waals surface area contributed by atoms with Crippen molar-refractivity contribution in [1.29, 1.82) is 0 Å². The number of aliphatic hydroxyl groups is 2. The highest BCUT2D eigenvalue weighted by atomic mass is 19.1. The molecule has 0 heterocycles. The summed E-state index contributed by atoms with van der Waals surface area (Å²) in [5, 5.41) is 21.4. The molecule has 194 valence electrons. The number of alkyl halides is 1. The first-order chi connectivity index (χ1) is 16.4. The molecule has 0 bridgehead atoms. The number of carbonyl (C=O) groups excluding carboxylic acids is 3. The molecule has 0 aliphatic heterocycles. The lowest BCUT2D eigenvalue weighted by Crippen LogP contribution is -2.65. The number of unbranched alkanes of at least 4 members (excludes halogenated alkanes) is 1. The van der Waals surface area contributed by atoms with Gasteiger partial charge in [0.2, 0.25) is 11.6 Å². The van der Waals surface area contributed by atoms with Crippen LogP contribution in [-0.4, -0.2) is 52.2 Å². The molecule has 0 aromatic heterocycles. The van der Waals surface area contributed by atoms with E-state index in [2.05, 4.69) is 0 Å². The Morgan fingerprint density at radius 3 is 2.57 bits per heavy atom. The number of rotatable bonds is 6. The van der Waals surface area contributed by atoms with E-state index in [1.807, 2.05) is 6.92 Å². The minimum absolute atomic E-state index is 0.0686. The Morgan fingerprint density at radius 2 is 1.94 bits per heavy atom.